The van der Waals surface area contributed by atoms with Crippen LogP contribution in [0, 0.1) is 0 Å². The van der Waals surface area contributed by atoms with Gasteiger partial charge in [-0.05, 0) is 30.5 Å². The van der Waals surface area contributed by atoms with Crippen LogP contribution in [-0.4, -0.2) is 48.1 Å². The van der Waals surface area contributed by atoms with Crippen molar-refractivity contribution < 1.29 is 13.9 Å². The van der Waals surface area contributed by atoms with Crippen LogP contribution in [0.3, 0.4) is 0 Å². The van der Waals surface area contributed by atoms with Crippen molar-refractivity contribution in [1.82, 2.24) is 9.80 Å². The molecule has 0 aliphatic carbocycles. The zero-order valence-corrected chi connectivity index (χ0v) is 14.1. The van der Waals surface area contributed by atoms with Crippen LogP contribution >= 0.6 is 11.3 Å². The topological polar surface area (TPSA) is 45.9 Å². The van der Waals surface area contributed by atoms with Gasteiger partial charge in [0.05, 0.1) is 32.1 Å². The van der Waals surface area contributed by atoms with Crippen molar-refractivity contribution in [2.75, 3.05) is 26.2 Å². The van der Waals surface area contributed by atoms with Crippen LogP contribution in [0.25, 0.3) is 0 Å². The molecule has 0 saturated carbocycles. The van der Waals surface area contributed by atoms with Gasteiger partial charge in [0.1, 0.15) is 5.76 Å². The summed E-state index contributed by atoms with van der Waals surface area (Å²) in [6.45, 7) is 5.76. The fourth-order valence-electron chi connectivity index (χ4n) is 2.75. The monoisotopic (exact) mass is 334 g/mol. The van der Waals surface area contributed by atoms with E-state index in [4.69, 9.17) is 9.15 Å². The van der Waals surface area contributed by atoms with Crippen molar-refractivity contribution in [3.05, 3.63) is 46.5 Å². The summed E-state index contributed by atoms with van der Waals surface area (Å²) in [6, 6.07) is 7.96. The summed E-state index contributed by atoms with van der Waals surface area (Å²) < 4.78 is 11.0. The molecule has 0 aromatic carbocycles. The van der Waals surface area contributed by atoms with E-state index in [-0.39, 0.29) is 12.0 Å². The lowest BCUT2D eigenvalue weighted by Crippen LogP contribution is -2.48. The molecule has 3 rings (SSSR count). The molecule has 0 spiro atoms. The molecule has 5 nitrogen and oxygen atoms in total. The van der Waals surface area contributed by atoms with Gasteiger partial charge >= 0.3 is 0 Å². The number of rotatable bonds is 6. The molecular weight excluding hydrogens is 312 g/mol. The van der Waals surface area contributed by atoms with E-state index in [1.54, 1.807) is 17.6 Å². The second kappa shape index (κ2) is 7.77. The minimum atomic E-state index is 0.114. The number of amides is 1. The molecule has 0 unspecified atom stereocenters. The predicted octanol–water partition coefficient (Wildman–Crippen LogP) is 2.59. The van der Waals surface area contributed by atoms with Crippen molar-refractivity contribution in [1.29, 1.82) is 0 Å². The summed E-state index contributed by atoms with van der Waals surface area (Å²) >= 11 is 1.71. The number of carbonyl (C=O) groups is 1. The lowest BCUT2D eigenvalue weighted by molar-refractivity contribution is -0.139. The number of hydrogen-bond acceptors (Lipinski definition) is 5. The number of morpholine rings is 1. The molecule has 1 aliphatic heterocycles. The number of nitrogens with zero attached hydrogens (tertiary/aromatic N) is 2. The van der Waals surface area contributed by atoms with Crippen LogP contribution in [-0.2, 0) is 22.6 Å². The van der Waals surface area contributed by atoms with Gasteiger partial charge in [0.15, 0.2) is 0 Å². The third-order valence-corrected chi connectivity index (χ3v) is 4.73. The first-order chi connectivity index (χ1) is 11.2. The highest BCUT2D eigenvalue weighted by atomic mass is 32.1. The first kappa shape index (κ1) is 16.2. The van der Waals surface area contributed by atoms with Crippen molar-refractivity contribution in [2.24, 2.45) is 0 Å². The van der Waals surface area contributed by atoms with Crippen LogP contribution in [0.2, 0.25) is 0 Å². The van der Waals surface area contributed by atoms with Crippen LogP contribution in [0.5, 0.6) is 0 Å². The average Bonchev–Trinajstić information content (AvgIpc) is 3.21. The Morgan fingerprint density at radius 1 is 1.39 bits per heavy atom. The third kappa shape index (κ3) is 4.67. The molecule has 23 heavy (non-hydrogen) atoms. The van der Waals surface area contributed by atoms with E-state index < -0.39 is 0 Å². The van der Waals surface area contributed by atoms with Crippen LogP contribution in [0.1, 0.15) is 17.6 Å². The molecule has 1 aliphatic rings. The zero-order valence-electron chi connectivity index (χ0n) is 13.3. The molecule has 3 heterocycles. The fraction of sp³-hybridized carbons (Fsp3) is 0.471. The highest BCUT2D eigenvalue weighted by Crippen LogP contribution is 2.15. The Labute approximate surface area is 140 Å². The van der Waals surface area contributed by atoms with Gasteiger partial charge in [-0.15, -0.1) is 11.3 Å². The Hall–Kier alpha value is -1.63. The first-order valence-electron chi connectivity index (χ1n) is 7.87. The molecule has 6 heteroatoms. The fourth-order valence-corrected chi connectivity index (χ4v) is 3.50. The number of carbonyl (C=O) groups excluding carboxylic acids is 1. The molecule has 2 aromatic heterocycles. The van der Waals surface area contributed by atoms with Gasteiger partial charge < -0.3 is 14.1 Å². The molecule has 2 aromatic rings. The standard InChI is InChI=1S/C17H22N2O3S/c1-14-10-19(6-8-21-14)17(20)13-18(11-15-4-2-7-22-15)12-16-5-3-9-23-16/h2-5,7,9,14H,6,8,10-13H2,1H3/t14-/m0/s1. The summed E-state index contributed by atoms with van der Waals surface area (Å²) in [5.41, 5.74) is 0. The maximum absolute atomic E-state index is 12.6. The maximum atomic E-state index is 12.6. The van der Waals surface area contributed by atoms with Crippen molar-refractivity contribution in [3.8, 4) is 0 Å². The third-order valence-electron chi connectivity index (χ3n) is 3.87. The smallest absolute Gasteiger partial charge is 0.236 e. The lowest BCUT2D eigenvalue weighted by Gasteiger charge is -2.32. The van der Waals surface area contributed by atoms with Crippen molar-refractivity contribution in [3.63, 3.8) is 0 Å². The Morgan fingerprint density at radius 3 is 3.00 bits per heavy atom. The Balaban J connectivity index is 1.63. The highest BCUT2D eigenvalue weighted by Gasteiger charge is 2.23. The van der Waals surface area contributed by atoms with Gasteiger partial charge in [-0.2, -0.15) is 0 Å². The summed E-state index contributed by atoms with van der Waals surface area (Å²) in [5, 5.41) is 2.06. The van der Waals surface area contributed by atoms with Crippen LogP contribution < -0.4 is 0 Å². The Morgan fingerprint density at radius 2 is 2.30 bits per heavy atom. The average molecular weight is 334 g/mol. The summed E-state index contributed by atoms with van der Waals surface area (Å²) in [4.78, 5) is 17.9. The maximum Gasteiger partial charge on any atom is 0.236 e. The van der Waals surface area contributed by atoms with Gasteiger partial charge in [-0.3, -0.25) is 9.69 Å². The summed E-state index contributed by atoms with van der Waals surface area (Å²) in [7, 11) is 0. The predicted molar refractivity (Wildman–Crippen MR) is 89.1 cm³/mol. The van der Waals surface area contributed by atoms with Gasteiger partial charge in [-0.25, -0.2) is 0 Å². The SMILES string of the molecule is C[C@H]1CN(C(=O)CN(Cc2ccco2)Cc2cccs2)CCO1. The Bertz CT molecular complexity index is 561. The van der Waals surface area contributed by atoms with Gasteiger partial charge in [-0.1, -0.05) is 6.07 Å². The largest absolute Gasteiger partial charge is 0.468 e. The van der Waals surface area contributed by atoms with E-state index >= 15 is 0 Å². The molecule has 0 N–H and O–H groups in total. The molecule has 1 amide bonds. The minimum absolute atomic E-state index is 0.114. The Kier molecular flexibility index (Phi) is 5.48. The summed E-state index contributed by atoms with van der Waals surface area (Å²) in [6.07, 6.45) is 1.79. The van der Waals surface area contributed by atoms with E-state index in [1.807, 2.05) is 30.0 Å². The van der Waals surface area contributed by atoms with E-state index in [9.17, 15) is 4.79 Å². The van der Waals surface area contributed by atoms with E-state index in [0.29, 0.717) is 32.8 Å². The van der Waals surface area contributed by atoms with Gasteiger partial charge in [0, 0.05) is 24.5 Å². The van der Waals surface area contributed by atoms with Crippen molar-refractivity contribution in [2.45, 2.75) is 26.1 Å². The van der Waals surface area contributed by atoms with Gasteiger partial charge in [0.2, 0.25) is 5.91 Å². The minimum Gasteiger partial charge on any atom is -0.468 e. The normalized spacial score (nSPS) is 18.5. The molecular formula is C17H22N2O3S. The first-order valence-corrected chi connectivity index (χ1v) is 8.75. The number of hydrogen-bond donors (Lipinski definition) is 0. The highest BCUT2D eigenvalue weighted by molar-refractivity contribution is 7.09. The lowest BCUT2D eigenvalue weighted by atomic mass is 10.2. The number of furan rings is 1. The molecule has 0 bridgehead atoms. The van der Waals surface area contributed by atoms with Crippen LogP contribution in [0.15, 0.2) is 40.3 Å². The van der Waals surface area contributed by atoms with E-state index in [0.717, 1.165) is 12.3 Å². The molecule has 1 atom stereocenters. The number of ether oxygens (including phenoxy) is 1. The molecule has 124 valence electrons. The summed E-state index contributed by atoms with van der Waals surface area (Å²) in [5.74, 6) is 1.04. The van der Waals surface area contributed by atoms with Crippen LogP contribution in [0.4, 0.5) is 0 Å². The molecule has 1 saturated heterocycles. The molecule has 1 fully saturated rings. The molecule has 0 radical (unpaired) electrons. The second-order valence-electron chi connectivity index (χ2n) is 5.83. The van der Waals surface area contributed by atoms with Gasteiger partial charge in [0.25, 0.3) is 0 Å². The van der Waals surface area contributed by atoms with Crippen molar-refractivity contribution >= 4 is 17.2 Å². The number of thiophene rings is 1. The quantitative estimate of drug-likeness (QED) is 0.815. The van der Waals surface area contributed by atoms with E-state index in [2.05, 4.69) is 16.3 Å². The second-order valence-corrected chi connectivity index (χ2v) is 6.86. The van der Waals surface area contributed by atoms with E-state index in [1.165, 1.54) is 4.88 Å². The zero-order chi connectivity index (χ0) is 16.1.